The molecule has 3 rings (SSSR count). The predicted molar refractivity (Wildman–Crippen MR) is 91.7 cm³/mol. The largest absolute Gasteiger partial charge is 0.450 e. The molecule has 1 aromatic carbocycles. The fraction of sp³-hybridized carbons (Fsp3) is 0.389. The maximum absolute atomic E-state index is 12.4. The maximum atomic E-state index is 12.4. The van der Waals surface area contributed by atoms with Gasteiger partial charge in [-0.2, -0.15) is 0 Å². The van der Waals surface area contributed by atoms with Crippen molar-refractivity contribution in [3.05, 3.63) is 36.5 Å². The molecule has 6 heteroatoms. The molecule has 1 saturated heterocycles. The number of aromatic nitrogens is 1. The van der Waals surface area contributed by atoms with Gasteiger partial charge in [0, 0.05) is 30.6 Å². The fourth-order valence-corrected chi connectivity index (χ4v) is 2.92. The first kappa shape index (κ1) is 16.2. The predicted octanol–water partition coefficient (Wildman–Crippen LogP) is 3.04. The number of nitrogens with zero attached hydrogens (tertiary/aromatic N) is 2. The van der Waals surface area contributed by atoms with Gasteiger partial charge in [-0.15, -0.1) is 0 Å². The second-order valence-corrected chi connectivity index (χ2v) is 5.87. The summed E-state index contributed by atoms with van der Waals surface area (Å²) in [6.07, 6.45) is 2.73. The average Bonchev–Trinajstić information content (AvgIpc) is 2.62. The van der Waals surface area contributed by atoms with E-state index in [1.165, 1.54) is 0 Å². The molecular weight excluding hydrogens is 306 g/mol. The van der Waals surface area contributed by atoms with Gasteiger partial charge in [0.05, 0.1) is 6.61 Å². The molecule has 2 amide bonds. The Hall–Kier alpha value is -2.63. The highest BCUT2D eigenvalue weighted by molar-refractivity contribution is 5.94. The number of rotatable bonds is 3. The molecule has 1 N–H and O–H groups in total. The Morgan fingerprint density at radius 3 is 2.67 bits per heavy atom. The van der Waals surface area contributed by atoms with Crippen molar-refractivity contribution >= 4 is 28.6 Å². The lowest BCUT2D eigenvalue weighted by Gasteiger charge is -2.30. The molecule has 6 nitrogen and oxygen atoms in total. The third-order valence-electron chi connectivity index (χ3n) is 4.27. The van der Waals surface area contributed by atoms with Gasteiger partial charge in [-0.05, 0) is 31.2 Å². The minimum Gasteiger partial charge on any atom is -0.450 e. The number of benzene rings is 1. The van der Waals surface area contributed by atoms with E-state index in [9.17, 15) is 9.59 Å². The first-order valence-corrected chi connectivity index (χ1v) is 8.24. The van der Waals surface area contributed by atoms with Crippen molar-refractivity contribution in [2.75, 3.05) is 25.0 Å². The Bertz CT molecular complexity index is 739. The molecule has 1 aliphatic heterocycles. The summed E-state index contributed by atoms with van der Waals surface area (Å²) in [7, 11) is 0. The second kappa shape index (κ2) is 7.29. The van der Waals surface area contributed by atoms with E-state index in [0.717, 1.165) is 10.8 Å². The van der Waals surface area contributed by atoms with Crippen LogP contribution < -0.4 is 5.32 Å². The Labute approximate surface area is 140 Å². The highest BCUT2D eigenvalue weighted by Gasteiger charge is 2.28. The molecule has 0 aliphatic carbocycles. The van der Waals surface area contributed by atoms with E-state index in [0.29, 0.717) is 38.4 Å². The molecule has 1 aromatic heterocycles. The summed E-state index contributed by atoms with van der Waals surface area (Å²) in [6, 6.07) is 9.77. The summed E-state index contributed by atoms with van der Waals surface area (Å²) >= 11 is 0. The van der Waals surface area contributed by atoms with Gasteiger partial charge in [0.15, 0.2) is 0 Å². The number of nitrogens with one attached hydrogen (secondary N) is 1. The summed E-state index contributed by atoms with van der Waals surface area (Å²) < 4.78 is 4.99. The smallest absolute Gasteiger partial charge is 0.409 e. The molecule has 2 heterocycles. The number of ether oxygens (including phenoxy) is 1. The lowest BCUT2D eigenvalue weighted by atomic mass is 9.96. The lowest BCUT2D eigenvalue weighted by Crippen LogP contribution is -2.41. The summed E-state index contributed by atoms with van der Waals surface area (Å²) in [4.78, 5) is 30.1. The molecule has 0 atom stereocenters. The van der Waals surface area contributed by atoms with Crippen molar-refractivity contribution in [3.8, 4) is 0 Å². The Morgan fingerprint density at radius 2 is 1.96 bits per heavy atom. The number of carbonyl (C=O) groups is 2. The molecule has 1 fully saturated rings. The van der Waals surface area contributed by atoms with Crippen LogP contribution in [0.4, 0.5) is 10.6 Å². The van der Waals surface area contributed by atoms with Crippen molar-refractivity contribution in [3.63, 3.8) is 0 Å². The first-order chi connectivity index (χ1) is 11.7. The zero-order valence-electron chi connectivity index (χ0n) is 13.7. The molecule has 24 heavy (non-hydrogen) atoms. The van der Waals surface area contributed by atoms with Gasteiger partial charge in [0.25, 0.3) is 0 Å². The number of carbonyl (C=O) groups excluding carboxylic acids is 2. The van der Waals surface area contributed by atoms with Crippen molar-refractivity contribution in [2.24, 2.45) is 5.92 Å². The summed E-state index contributed by atoms with van der Waals surface area (Å²) in [5, 5.41) is 4.97. The quantitative estimate of drug-likeness (QED) is 0.940. The van der Waals surface area contributed by atoms with Crippen LogP contribution in [0, 0.1) is 5.92 Å². The van der Waals surface area contributed by atoms with Crippen LogP contribution in [0.3, 0.4) is 0 Å². The number of pyridine rings is 1. The number of likely N-dealkylation sites (tertiary alicyclic amines) is 1. The maximum Gasteiger partial charge on any atom is 0.409 e. The third kappa shape index (κ3) is 3.64. The van der Waals surface area contributed by atoms with Crippen molar-refractivity contribution in [1.29, 1.82) is 0 Å². The van der Waals surface area contributed by atoms with Crippen LogP contribution in [0.5, 0.6) is 0 Å². The van der Waals surface area contributed by atoms with E-state index < -0.39 is 0 Å². The molecular formula is C18H21N3O3. The van der Waals surface area contributed by atoms with E-state index in [1.54, 1.807) is 18.0 Å². The number of hydrogen-bond acceptors (Lipinski definition) is 4. The number of piperidine rings is 1. The van der Waals surface area contributed by atoms with Crippen LogP contribution in [0.2, 0.25) is 0 Å². The van der Waals surface area contributed by atoms with Crippen LogP contribution in [0.1, 0.15) is 19.8 Å². The Kier molecular flexibility index (Phi) is 4.93. The van der Waals surface area contributed by atoms with Crippen LogP contribution in [0.15, 0.2) is 36.5 Å². The van der Waals surface area contributed by atoms with Gasteiger partial charge in [0.2, 0.25) is 5.91 Å². The van der Waals surface area contributed by atoms with Crippen molar-refractivity contribution in [1.82, 2.24) is 9.88 Å². The first-order valence-electron chi connectivity index (χ1n) is 8.24. The molecule has 0 bridgehead atoms. The number of fused-ring (bicyclic) bond motifs is 1. The summed E-state index contributed by atoms with van der Waals surface area (Å²) in [5.74, 6) is 0.414. The van der Waals surface area contributed by atoms with Crippen LogP contribution >= 0.6 is 0 Å². The van der Waals surface area contributed by atoms with Crippen LogP contribution in [-0.4, -0.2) is 41.6 Å². The van der Waals surface area contributed by atoms with Crippen molar-refractivity contribution < 1.29 is 14.3 Å². The highest BCUT2D eigenvalue weighted by Crippen LogP contribution is 2.21. The second-order valence-electron chi connectivity index (χ2n) is 5.87. The molecule has 126 valence electrons. The highest BCUT2D eigenvalue weighted by atomic mass is 16.6. The van der Waals surface area contributed by atoms with Gasteiger partial charge >= 0.3 is 6.09 Å². The monoisotopic (exact) mass is 327 g/mol. The van der Waals surface area contributed by atoms with E-state index >= 15 is 0 Å². The molecule has 0 saturated carbocycles. The van der Waals surface area contributed by atoms with Gasteiger partial charge in [0.1, 0.15) is 5.82 Å². The Morgan fingerprint density at radius 1 is 1.25 bits per heavy atom. The fourth-order valence-electron chi connectivity index (χ4n) is 2.92. The minimum absolute atomic E-state index is 0.0405. The van der Waals surface area contributed by atoms with E-state index in [4.69, 9.17) is 4.74 Å². The molecule has 2 aromatic rings. The summed E-state index contributed by atoms with van der Waals surface area (Å²) in [6.45, 7) is 3.24. The number of amides is 2. The van der Waals surface area contributed by atoms with Gasteiger partial charge in [-0.25, -0.2) is 9.78 Å². The zero-order chi connectivity index (χ0) is 16.9. The Balaban J connectivity index is 1.58. The third-order valence-corrected chi connectivity index (χ3v) is 4.27. The lowest BCUT2D eigenvalue weighted by molar-refractivity contribution is -0.121. The van der Waals surface area contributed by atoms with Crippen LogP contribution in [0.25, 0.3) is 10.8 Å². The van der Waals surface area contributed by atoms with Gasteiger partial charge in [-0.3, -0.25) is 4.79 Å². The van der Waals surface area contributed by atoms with Gasteiger partial charge in [-0.1, -0.05) is 24.3 Å². The molecule has 0 unspecified atom stereocenters. The topological polar surface area (TPSA) is 71.5 Å². The molecule has 1 aliphatic rings. The SMILES string of the molecule is CCOC(=O)N1CCC(C(=O)Nc2cc3ccccc3cn2)CC1. The summed E-state index contributed by atoms with van der Waals surface area (Å²) in [5.41, 5.74) is 0. The molecule has 0 radical (unpaired) electrons. The number of anilines is 1. The number of hydrogen-bond donors (Lipinski definition) is 1. The van der Waals surface area contributed by atoms with Gasteiger partial charge < -0.3 is 15.0 Å². The van der Waals surface area contributed by atoms with E-state index in [2.05, 4.69) is 10.3 Å². The average molecular weight is 327 g/mol. The van der Waals surface area contributed by atoms with Crippen LogP contribution in [-0.2, 0) is 9.53 Å². The van der Waals surface area contributed by atoms with Crippen molar-refractivity contribution in [2.45, 2.75) is 19.8 Å². The normalized spacial score (nSPS) is 15.3. The van der Waals surface area contributed by atoms with E-state index in [-0.39, 0.29) is 17.9 Å². The zero-order valence-corrected chi connectivity index (χ0v) is 13.7. The van der Waals surface area contributed by atoms with E-state index in [1.807, 2.05) is 30.3 Å². The minimum atomic E-state index is -0.299. The molecule has 0 spiro atoms. The standard InChI is InChI=1S/C18H21N3O3/c1-2-24-18(23)21-9-7-13(8-10-21)17(22)20-16-11-14-5-3-4-6-15(14)12-19-16/h3-6,11-13H,2,7-10H2,1H3,(H,19,20,22).